The third-order valence-electron chi connectivity index (χ3n) is 6.28. The van der Waals surface area contributed by atoms with Crippen LogP contribution in [0.4, 0.5) is 5.69 Å². The van der Waals surface area contributed by atoms with Crippen LogP contribution in [0.25, 0.3) is 0 Å². The van der Waals surface area contributed by atoms with E-state index < -0.39 is 31.0 Å². The zero-order valence-electron chi connectivity index (χ0n) is 18.5. The second-order valence-corrected chi connectivity index (χ2v) is 12.8. The number of anilines is 1. The summed E-state index contributed by atoms with van der Waals surface area (Å²) in [5.41, 5.74) is 2.33. The van der Waals surface area contributed by atoms with Crippen molar-refractivity contribution in [3.05, 3.63) is 54.1 Å². The summed E-state index contributed by atoms with van der Waals surface area (Å²) in [5.74, 6) is 0.151. The van der Waals surface area contributed by atoms with Crippen LogP contribution in [0.5, 0.6) is 5.75 Å². The Labute approximate surface area is 190 Å². The molecule has 0 unspecified atom stereocenters. The Morgan fingerprint density at radius 1 is 1.00 bits per heavy atom. The van der Waals surface area contributed by atoms with Gasteiger partial charge in [-0.2, -0.15) is 0 Å². The van der Waals surface area contributed by atoms with Gasteiger partial charge in [0.1, 0.15) is 5.75 Å². The summed E-state index contributed by atoms with van der Waals surface area (Å²) in [6.07, 6.45) is 0. The van der Waals surface area contributed by atoms with Gasteiger partial charge in [0.2, 0.25) is 0 Å². The number of hydrogen-bond donors (Lipinski definition) is 0. The van der Waals surface area contributed by atoms with E-state index in [4.69, 9.17) is 4.74 Å². The number of hydrogen-bond acceptors (Lipinski definition) is 7. The van der Waals surface area contributed by atoms with Gasteiger partial charge < -0.3 is 9.64 Å². The smallest absolute Gasteiger partial charge is 0.183 e. The summed E-state index contributed by atoms with van der Waals surface area (Å²) in [7, 11) is -7.23. The molecule has 2 atom stereocenters. The number of rotatable bonds is 6. The van der Waals surface area contributed by atoms with Crippen LogP contribution < -0.4 is 9.64 Å². The minimum atomic E-state index is -3.80. The van der Waals surface area contributed by atoms with Gasteiger partial charge in [-0.3, -0.25) is 4.90 Å². The molecule has 0 radical (unpaired) electrons. The fourth-order valence-electron chi connectivity index (χ4n) is 4.64. The van der Waals surface area contributed by atoms with Crippen LogP contribution in [0.15, 0.2) is 53.4 Å². The van der Waals surface area contributed by atoms with E-state index in [-0.39, 0.29) is 16.4 Å². The Kier molecular flexibility index (Phi) is 6.51. The molecule has 0 spiro atoms. The first kappa shape index (κ1) is 23.1. The average molecular weight is 479 g/mol. The fraction of sp³-hybridized carbons (Fsp3) is 0.478. The van der Waals surface area contributed by atoms with Gasteiger partial charge in [-0.05, 0) is 55.8 Å². The molecule has 2 aliphatic heterocycles. The largest absolute Gasteiger partial charge is 0.494 e. The van der Waals surface area contributed by atoms with Gasteiger partial charge in [-0.1, -0.05) is 12.1 Å². The Morgan fingerprint density at radius 2 is 1.69 bits per heavy atom. The van der Waals surface area contributed by atoms with Crippen molar-refractivity contribution >= 4 is 25.4 Å². The first-order valence-electron chi connectivity index (χ1n) is 10.9. The highest BCUT2D eigenvalue weighted by Crippen LogP contribution is 2.31. The molecule has 0 N–H and O–H groups in total. The summed E-state index contributed by atoms with van der Waals surface area (Å²) in [4.78, 5) is 4.46. The summed E-state index contributed by atoms with van der Waals surface area (Å²) in [5, 5.41) is -0.962. The average Bonchev–Trinajstić information content (AvgIpc) is 3.11. The lowest BCUT2D eigenvalue weighted by Gasteiger charge is -2.40. The van der Waals surface area contributed by atoms with Crippen LogP contribution >= 0.6 is 0 Å². The monoisotopic (exact) mass is 478 g/mol. The molecule has 9 heteroatoms. The van der Waals surface area contributed by atoms with E-state index in [0.717, 1.165) is 18.8 Å². The van der Waals surface area contributed by atoms with E-state index in [0.29, 0.717) is 25.4 Å². The normalized spacial score (nSPS) is 23.9. The molecule has 0 aliphatic carbocycles. The zero-order valence-corrected chi connectivity index (χ0v) is 20.1. The first-order valence-corrected chi connectivity index (χ1v) is 14.3. The molecule has 7 nitrogen and oxygen atoms in total. The molecule has 0 saturated carbocycles. The molecule has 174 valence electrons. The Bertz CT molecular complexity index is 1160. The van der Waals surface area contributed by atoms with Crippen LogP contribution in [0.3, 0.4) is 0 Å². The predicted octanol–water partition coefficient (Wildman–Crippen LogP) is 2.16. The Balaban J connectivity index is 1.53. The molecule has 0 bridgehead atoms. The summed E-state index contributed by atoms with van der Waals surface area (Å²) >= 11 is 0. The molecule has 2 fully saturated rings. The summed E-state index contributed by atoms with van der Waals surface area (Å²) in [6.45, 7) is 7.12. The van der Waals surface area contributed by atoms with E-state index in [1.54, 1.807) is 12.1 Å². The minimum absolute atomic E-state index is 0.113. The molecule has 4 rings (SSSR count). The fourth-order valence-corrected chi connectivity index (χ4v) is 9.47. The van der Waals surface area contributed by atoms with E-state index in [9.17, 15) is 16.8 Å². The Hall–Kier alpha value is -2.10. The molecule has 2 aromatic carbocycles. The lowest BCUT2D eigenvalue weighted by Crippen LogP contribution is -2.55. The quantitative estimate of drug-likeness (QED) is 0.629. The molecule has 2 saturated heterocycles. The van der Waals surface area contributed by atoms with Gasteiger partial charge in [0, 0.05) is 37.9 Å². The topological polar surface area (TPSA) is 84.0 Å². The first-order chi connectivity index (χ1) is 15.2. The van der Waals surface area contributed by atoms with Gasteiger partial charge in [0.15, 0.2) is 19.7 Å². The molecular formula is C23H30N2O5S2. The maximum absolute atomic E-state index is 13.4. The third-order valence-corrected chi connectivity index (χ3v) is 10.4. The van der Waals surface area contributed by atoms with Crippen molar-refractivity contribution in [3.63, 3.8) is 0 Å². The van der Waals surface area contributed by atoms with E-state index >= 15 is 0 Å². The molecular weight excluding hydrogens is 448 g/mol. The van der Waals surface area contributed by atoms with Crippen molar-refractivity contribution in [1.82, 2.24) is 4.90 Å². The van der Waals surface area contributed by atoms with Gasteiger partial charge in [-0.25, -0.2) is 16.8 Å². The van der Waals surface area contributed by atoms with E-state index in [1.807, 2.05) is 17.9 Å². The Morgan fingerprint density at radius 3 is 2.31 bits per heavy atom. The van der Waals surface area contributed by atoms with Crippen molar-refractivity contribution in [2.75, 3.05) is 49.2 Å². The minimum Gasteiger partial charge on any atom is -0.494 e. The predicted molar refractivity (Wildman–Crippen MR) is 126 cm³/mol. The zero-order chi connectivity index (χ0) is 22.9. The van der Waals surface area contributed by atoms with Crippen LogP contribution in [0, 0.1) is 6.92 Å². The maximum atomic E-state index is 13.4. The van der Waals surface area contributed by atoms with Gasteiger partial charge in [0.25, 0.3) is 0 Å². The second-order valence-electron chi connectivity index (χ2n) is 8.49. The summed E-state index contributed by atoms with van der Waals surface area (Å²) in [6, 6.07) is 14.0. The van der Waals surface area contributed by atoms with Crippen LogP contribution in [-0.2, 0) is 19.7 Å². The van der Waals surface area contributed by atoms with E-state index in [2.05, 4.69) is 30.0 Å². The number of aryl methyl sites for hydroxylation is 1. The lowest BCUT2D eigenvalue weighted by molar-refractivity contribution is 0.201. The van der Waals surface area contributed by atoms with Crippen molar-refractivity contribution in [2.24, 2.45) is 0 Å². The summed E-state index contributed by atoms with van der Waals surface area (Å²) < 4.78 is 57.3. The van der Waals surface area contributed by atoms with Crippen molar-refractivity contribution in [1.29, 1.82) is 0 Å². The van der Waals surface area contributed by atoms with Gasteiger partial charge >= 0.3 is 0 Å². The lowest BCUT2D eigenvalue weighted by atomic mass is 10.1. The van der Waals surface area contributed by atoms with E-state index in [1.165, 1.54) is 17.7 Å². The van der Waals surface area contributed by atoms with Gasteiger partial charge in [0.05, 0.1) is 28.3 Å². The molecule has 2 heterocycles. The second kappa shape index (κ2) is 9.03. The highest BCUT2D eigenvalue weighted by molar-refractivity contribution is 7.96. The highest BCUT2D eigenvalue weighted by atomic mass is 32.2. The molecule has 2 aromatic rings. The van der Waals surface area contributed by atoms with Crippen LogP contribution in [-0.4, -0.2) is 77.3 Å². The van der Waals surface area contributed by atoms with Crippen LogP contribution in [0.2, 0.25) is 0 Å². The molecule has 0 amide bonds. The van der Waals surface area contributed by atoms with Crippen LogP contribution in [0.1, 0.15) is 12.5 Å². The maximum Gasteiger partial charge on any atom is 0.183 e. The number of sulfone groups is 2. The number of ether oxygens (including phenoxy) is 1. The van der Waals surface area contributed by atoms with Crippen molar-refractivity contribution in [2.45, 2.75) is 30.0 Å². The molecule has 2 aliphatic rings. The van der Waals surface area contributed by atoms with Crippen molar-refractivity contribution in [3.8, 4) is 5.75 Å². The molecule has 32 heavy (non-hydrogen) atoms. The number of nitrogens with zero attached hydrogens (tertiary/aromatic N) is 2. The highest BCUT2D eigenvalue weighted by Gasteiger charge is 2.48. The number of piperazine rings is 1. The standard InChI is InChI=1S/C23H30N2O5S2/c1-3-30-20-7-9-21(10-8-20)32(28,29)23-17-31(26,27)16-22(23)25-13-11-24(12-14-25)19-6-4-5-18(2)15-19/h4-10,15,22-23H,3,11-14,16-17H2,1-2H3/t22-,23-/m0/s1. The molecule has 0 aromatic heterocycles. The van der Waals surface area contributed by atoms with Gasteiger partial charge in [-0.15, -0.1) is 0 Å². The number of benzene rings is 2. The van der Waals surface area contributed by atoms with Crippen molar-refractivity contribution < 1.29 is 21.6 Å². The SMILES string of the molecule is CCOc1ccc(S(=O)(=O)[C@H]2CS(=O)(=O)C[C@@H]2N2CCN(c3cccc(C)c3)CC2)cc1. The third kappa shape index (κ3) is 4.79.